The van der Waals surface area contributed by atoms with Gasteiger partial charge in [0.05, 0.1) is 6.54 Å². The molecule has 0 bridgehead atoms. The summed E-state index contributed by atoms with van der Waals surface area (Å²) in [6, 6.07) is 9.65. The number of fused-ring (bicyclic) bond motifs is 2. The number of guanidine groups is 1. The molecule has 0 saturated carbocycles. The summed E-state index contributed by atoms with van der Waals surface area (Å²) in [4.78, 5) is 23.4. The van der Waals surface area contributed by atoms with Crippen LogP contribution in [0.5, 0.6) is 5.75 Å². The smallest absolute Gasteiger partial charge is 0.261 e. The zero-order valence-electron chi connectivity index (χ0n) is 17.4. The number of nitrogens with two attached hydrogens (primary N) is 1. The van der Waals surface area contributed by atoms with Gasteiger partial charge in [-0.1, -0.05) is 17.7 Å². The number of ether oxygens (including phenoxy) is 1. The largest absolute Gasteiger partial charge is 0.485 e. The summed E-state index contributed by atoms with van der Waals surface area (Å²) in [7, 11) is 1.59. The Kier molecular flexibility index (Phi) is 4.49. The van der Waals surface area contributed by atoms with Crippen molar-refractivity contribution >= 4 is 23.5 Å². The molecular weight excluding hydrogens is 435 g/mol. The zero-order valence-corrected chi connectivity index (χ0v) is 18.2. The number of halogens is 2. The molecule has 164 valence electrons. The van der Waals surface area contributed by atoms with E-state index in [1.807, 2.05) is 6.92 Å². The molecule has 3 aromatic rings. The highest BCUT2D eigenvalue weighted by Crippen LogP contribution is 2.50. The number of aromatic nitrogens is 3. The summed E-state index contributed by atoms with van der Waals surface area (Å²) in [5, 5.41) is 4.45. The van der Waals surface area contributed by atoms with Crippen LogP contribution in [-0.4, -0.2) is 44.2 Å². The van der Waals surface area contributed by atoms with Crippen LogP contribution < -0.4 is 10.5 Å². The van der Waals surface area contributed by atoms with Gasteiger partial charge in [-0.25, -0.2) is 19.0 Å². The Morgan fingerprint density at radius 1 is 1.25 bits per heavy atom. The first-order chi connectivity index (χ1) is 15.2. The van der Waals surface area contributed by atoms with Gasteiger partial charge >= 0.3 is 0 Å². The molecule has 2 N–H and O–H groups in total. The number of rotatable bonds is 3. The van der Waals surface area contributed by atoms with Gasteiger partial charge in [0.1, 0.15) is 29.8 Å². The number of amides is 1. The van der Waals surface area contributed by atoms with Crippen LogP contribution in [0.15, 0.2) is 54.0 Å². The maximum absolute atomic E-state index is 14.0. The van der Waals surface area contributed by atoms with Crippen molar-refractivity contribution in [1.82, 2.24) is 19.7 Å². The molecule has 8 nitrogen and oxygen atoms in total. The molecule has 1 unspecified atom stereocenters. The van der Waals surface area contributed by atoms with Crippen molar-refractivity contribution in [2.45, 2.75) is 31.0 Å². The van der Waals surface area contributed by atoms with Crippen molar-refractivity contribution in [2.24, 2.45) is 10.7 Å². The van der Waals surface area contributed by atoms with Crippen LogP contribution in [0.2, 0.25) is 5.02 Å². The fraction of sp³-hybridized carbons (Fsp3) is 0.273. The topological polar surface area (TPSA) is 98.6 Å². The molecule has 2 aliphatic rings. The Balaban J connectivity index is 1.66. The van der Waals surface area contributed by atoms with E-state index in [2.05, 4.69) is 15.1 Å². The van der Waals surface area contributed by atoms with Gasteiger partial charge < -0.3 is 10.5 Å². The molecule has 2 aliphatic heterocycles. The third kappa shape index (κ3) is 3.20. The molecule has 5 rings (SSSR count). The van der Waals surface area contributed by atoms with Crippen molar-refractivity contribution < 1.29 is 13.9 Å². The lowest BCUT2D eigenvalue weighted by atomic mass is 9.76. The van der Waals surface area contributed by atoms with Crippen molar-refractivity contribution in [3.05, 3.63) is 65.5 Å². The molecule has 1 amide bonds. The summed E-state index contributed by atoms with van der Waals surface area (Å²) in [5.74, 6) is -0.0650. The maximum Gasteiger partial charge on any atom is 0.261 e. The number of carbonyl (C=O) groups excluding carboxylic acids is 1. The van der Waals surface area contributed by atoms with Crippen LogP contribution in [0.4, 0.5) is 4.39 Å². The fourth-order valence-corrected chi connectivity index (χ4v) is 4.74. The van der Waals surface area contributed by atoms with Gasteiger partial charge in [-0.15, -0.1) is 0 Å². The zero-order chi connectivity index (χ0) is 22.7. The molecule has 0 fully saturated rings. The van der Waals surface area contributed by atoms with Crippen LogP contribution in [0.1, 0.15) is 18.9 Å². The first-order valence-electron chi connectivity index (χ1n) is 9.95. The van der Waals surface area contributed by atoms with E-state index in [4.69, 9.17) is 22.1 Å². The molecule has 2 atom stereocenters. The SMILES string of the molecule is CN1C(=O)C2(C[C@@](C)(Cn3cncn3)Oc3ccc(-c4cc(F)cc(Cl)c4)cc32)N=C1N. The normalized spacial score (nSPS) is 24.4. The monoisotopic (exact) mass is 454 g/mol. The molecule has 2 aromatic carbocycles. The second-order valence-corrected chi connectivity index (χ2v) is 8.82. The number of carbonyl (C=O) groups is 1. The highest BCUT2D eigenvalue weighted by atomic mass is 35.5. The van der Waals surface area contributed by atoms with Gasteiger partial charge in [0.2, 0.25) is 0 Å². The lowest BCUT2D eigenvalue weighted by molar-refractivity contribution is -0.134. The minimum atomic E-state index is -1.27. The van der Waals surface area contributed by atoms with Gasteiger partial charge in [0, 0.05) is 24.1 Å². The number of aliphatic imine (C=N–C) groups is 1. The molecule has 0 aliphatic carbocycles. The molecule has 10 heteroatoms. The van der Waals surface area contributed by atoms with Crippen molar-refractivity contribution in [1.29, 1.82) is 0 Å². The summed E-state index contributed by atoms with van der Waals surface area (Å²) in [6.45, 7) is 2.26. The van der Waals surface area contributed by atoms with Crippen molar-refractivity contribution in [3.63, 3.8) is 0 Å². The summed E-state index contributed by atoms with van der Waals surface area (Å²) in [6.07, 6.45) is 3.27. The predicted molar refractivity (Wildman–Crippen MR) is 117 cm³/mol. The number of hydrogen-bond donors (Lipinski definition) is 1. The standard InChI is InChI=1S/C22H20ClFN6O2/c1-21(10-30-12-26-11-27-30)9-22(19(31)29(2)20(25)28-22)17-7-13(3-4-18(17)32-21)14-5-15(23)8-16(24)6-14/h3-8,11-12H,9-10H2,1-2H3,(H2,25,28)/t21-,22?/m0/s1. The van der Waals surface area contributed by atoms with E-state index >= 15 is 0 Å². The average molecular weight is 455 g/mol. The second-order valence-electron chi connectivity index (χ2n) is 8.39. The van der Waals surface area contributed by atoms with Crippen LogP contribution >= 0.6 is 11.6 Å². The van der Waals surface area contributed by atoms with Crippen LogP contribution in [0.3, 0.4) is 0 Å². The Labute approximate surface area is 188 Å². The van der Waals surface area contributed by atoms with E-state index in [0.29, 0.717) is 29.0 Å². The quantitative estimate of drug-likeness (QED) is 0.656. The minimum Gasteiger partial charge on any atom is -0.485 e. The van der Waals surface area contributed by atoms with E-state index in [1.165, 1.54) is 23.4 Å². The number of nitrogens with zero attached hydrogens (tertiary/aromatic N) is 5. The summed E-state index contributed by atoms with van der Waals surface area (Å²) in [5.41, 5.74) is 5.83. The van der Waals surface area contributed by atoms with Crippen LogP contribution in [0.25, 0.3) is 11.1 Å². The van der Waals surface area contributed by atoms with Gasteiger partial charge in [-0.2, -0.15) is 5.10 Å². The lowest BCUT2D eigenvalue weighted by Crippen LogP contribution is -2.52. The van der Waals surface area contributed by atoms with E-state index in [1.54, 1.807) is 42.3 Å². The van der Waals surface area contributed by atoms with Crippen LogP contribution in [0, 0.1) is 5.82 Å². The number of hydrogen-bond acceptors (Lipinski definition) is 6. The van der Waals surface area contributed by atoms with Gasteiger partial charge in [0.25, 0.3) is 5.91 Å². The third-order valence-electron chi connectivity index (χ3n) is 5.88. The van der Waals surface area contributed by atoms with Gasteiger partial charge in [-0.05, 0) is 48.4 Å². The first-order valence-corrected chi connectivity index (χ1v) is 10.3. The Hall–Kier alpha value is -3.46. The number of benzene rings is 2. The lowest BCUT2D eigenvalue weighted by Gasteiger charge is -2.43. The fourth-order valence-electron chi connectivity index (χ4n) is 4.52. The molecule has 1 spiro atoms. The van der Waals surface area contributed by atoms with Gasteiger partial charge in [0.15, 0.2) is 11.5 Å². The summed E-state index contributed by atoms with van der Waals surface area (Å²) < 4.78 is 22.0. The van der Waals surface area contributed by atoms with Crippen LogP contribution in [-0.2, 0) is 16.9 Å². The minimum absolute atomic E-state index is 0.130. The van der Waals surface area contributed by atoms with Crippen molar-refractivity contribution in [3.8, 4) is 16.9 Å². The number of likely N-dealkylation sites (N-methyl/N-ethyl adjacent to an activating group) is 1. The highest BCUT2D eigenvalue weighted by molar-refractivity contribution is 6.30. The second kappa shape index (κ2) is 7.03. The molecule has 3 heterocycles. The Morgan fingerprint density at radius 2 is 2.06 bits per heavy atom. The van der Waals surface area contributed by atoms with Crippen molar-refractivity contribution in [2.75, 3.05) is 7.05 Å². The van der Waals surface area contributed by atoms with E-state index in [0.717, 1.165) is 0 Å². The molecule has 0 radical (unpaired) electrons. The van der Waals surface area contributed by atoms with E-state index in [-0.39, 0.29) is 23.3 Å². The van der Waals surface area contributed by atoms with E-state index < -0.39 is 17.0 Å². The molecular formula is C22H20ClFN6O2. The Bertz CT molecular complexity index is 1240. The Morgan fingerprint density at radius 3 is 2.72 bits per heavy atom. The average Bonchev–Trinajstić information content (AvgIpc) is 3.30. The highest BCUT2D eigenvalue weighted by Gasteiger charge is 2.57. The van der Waals surface area contributed by atoms with E-state index in [9.17, 15) is 9.18 Å². The third-order valence-corrected chi connectivity index (χ3v) is 6.10. The molecule has 0 saturated heterocycles. The summed E-state index contributed by atoms with van der Waals surface area (Å²) >= 11 is 6.05. The maximum atomic E-state index is 14.0. The van der Waals surface area contributed by atoms with Gasteiger partial charge in [-0.3, -0.25) is 9.69 Å². The first kappa shape index (κ1) is 20.4. The predicted octanol–water partition coefficient (Wildman–Crippen LogP) is 2.96. The molecule has 1 aromatic heterocycles. The molecule has 32 heavy (non-hydrogen) atoms.